The van der Waals surface area contributed by atoms with Crippen LogP contribution in [0.25, 0.3) is 0 Å². The summed E-state index contributed by atoms with van der Waals surface area (Å²) >= 11 is 1.76. The van der Waals surface area contributed by atoms with Gasteiger partial charge in [-0.25, -0.2) is 0 Å². The summed E-state index contributed by atoms with van der Waals surface area (Å²) in [6, 6.07) is 0. The molecule has 0 spiro atoms. The highest BCUT2D eigenvalue weighted by Gasteiger charge is 1.93. The molecular weight excluding hydrogens is 116 g/mol. The first-order valence-corrected chi connectivity index (χ1v) is 3.81. The molecular formula is C7H10S. The van der Waals surface area contributed by atoms with E-state index >= 15 is 0 Å². The summed E-state index contributed by atoms with van der Waals surface area (Å²) in [4.78, 5) is 0. The van der Waals surface area contributed by atoms with Gasteiger partial charge in [0.15, 0.2) is 0 Å². The quantitative estimate of drug-likeness (QED) is 0.481. The normalized spacial score (nSPS) is 27.9. The van der Waals surface area contributed by atoms with E-state index in [1.807, 2.05) is 0 Å². The van der Waals surface area contributed by atoms with Gasteiger partial charge in [-0.2, -0.15) is 0 Å². The number of allylic oxidation sites excluding steroid dienone is 2. The lowest BCUT2D eigenvalue weighted by Crippen LogP contribution is -1.82. The molecule has 1 atom stereocenters. The maximum absolute atomic E-state index is 2.24. The summed E-state index contributed by atoms with van der Waals surface area (Å²) in [5.74, 6) is 0.737. The first kappa shape index (κ1) is 5.96. The van der Waals surface area contributed by atoms with E-state index in [1.165, 1.54) is 6.42 Å². The molecule has 1 heterocycles. The van der Waals surface area contributed by atoms with Gasteiger partial charge in [-0.05, 0) is 23.2 Å². The average Bonchev–Trinajstić information content (AvgIpc) is 1.94. The fourth-order valence-corrected chi connectivity index (χ4v) is 1.30. The minimum Gasteiger partial charge on any atom is -0.107 e. The Morgan fingerprint density at radius 1 is 1.50 bits per heavy atom. The molecule has 1 aliphatic heterocycles. The van der Waals surface area contributed by atoms with Crippen LogP contribution in [-0.2, 0) is 0 Å². The molecule has 0 nitrogen and oxygen atoms in total. The SMILES string of the molecule is CC1C=CSC=CC1. The van der Waals surface area contributed by atoms with Gasteiger partial charge in [0, 0.05) is 0 Å². The zero-order chi connectivity index (χ0) is 5.82. The molecule has 0 aliphatic carbocycles. The monoisotopic (exact) mass is 126 g/mol. The minimum atomic E-state index is 0.737. The first-order chi connectivity index (χ1) is 3.89. The Morgan fingerprint density at radius 2 is 2.38 bits per heavy atom. The molecule has 1 rings (SSSR count). The lowest BCUT2D eigenvalue weighted by molar-refractivity contribution is 0.748. The number of thioether (sulfide) groups is 1. The molecule has 1 aliphatic rings. The number of rotatable bonds is 0. The lowest BCUT2D eigenvalue weighted by atomic mass is 10.1. The third-order valence-corrected chi connectivity index (χ3v) is 1.83. The number of hydrogen-bond acceptors (Lipinski definition) is 1. The average molecular weight is 126 g/mol. The van der Waals surface area contributed by atoms with Gasteiger partial charge in [0.2, 0.25) is 0 Å². The van der Waals surface area contributed by atoms with Crippen LogP contribution >= 0.6 is 11.8 Å². The van der Waals surface area contributed by atoms with Gasteiger partial charge in [-0.15, -0.1) is 11.8 Å². The predicted octanol–water partition coefficient (Wildman–Crippen LogP) is 2.79. The van der Waals surface area contributed by atoms with Gasteiger partial charge in [-0.1, -0.05) is 19.1 Å². The molecule has 0 fully saturated rings. The summed E-state index contributed by atoms with van der Waals surface area (Å²) in [6.07, 6.45) is 5.66. The van der Waals surface area contributed by atoms with Crippen molar-refractivity contribution in [3.63, 3.8) is 0 Å². The van der Waals surface area contributed by atoms with Crippen molar-refractivity contribution in [2.24, 2.45) is 5.92 Å². The molecule has 0 aromatic carbocycles. The van der Waals surface area contributed by atoms with E-state index in [-0.39, 0.29) is 0 Å². The van der Waals surface area contributed by atoms with E-state index in [0.29, 0.717) is 0 Å². The summed E-state index contributed by atoms with van der Waals surface area (Å²) in [7, 11) is 0. The summed E-state index contributed by atoms with van der Waals surface area (Å²) < 4.78 is 0. The first-order valence-electron chi connectivity index (χ1n) is 2.87. The molecule has 0 saturated heterocycles. The fourth-order valence-electron chi connectivity index (χ4n) is 0.629. The van der Waals surface area contributed by atoms with Gasteiger partial charge in [-0.3, -0.25) is 0 Å². The van der Waals surface area contributed by atoms with E-state index in [2.05, 4.69) is 29.9 Å². The Morgan fingerprint density at radius 3 is 3.25 bits per heavy atom. The van der Waals surface area contributed by atoms with E-state index in [4.69, 9.17) is 0 Å². The van der Waals surface area contributed by atoms with Crippen molar-refractivity contribution < 1.29 is 0 Å². The standard InChI is InChI=1S/C7H10S/c1-7-3-2-5-8-6-4-7/h2,4-7H,3H2,1H3. The Balaban J connectivity index is 2.48. The van der Waals surface area contributed by atoms with Gasteiger partial charge in [0.1, 0.15) is 0 Å². The highest BCUT2D eigenvalue weighted by atomic mass is 32.2. The van der Waals surface area contributed by atoms with Gasteiger partial charge in [0.05, 0.1) is 0 Å². The van der Waals surface area contributed by atoms with Crippen LogP contribution in [0.1, 0.15) is 13.3 Å². The predicted molar refractivity (Wildman–Crippen MR) is 39.7 cm³/mol. The van der Waals surface area contributed by atoms with Crippen LogP contribution in [-0.4, -0.2) is 0 Å². The second-order valence-corrected chi connectivity index (χ2v) is 2.87. The maximum Gasteiger partial charge on any atom is -0.0219 e. The Kier molecular flexibility index (Phi) is 2.22. The van der Waals surface area contributed by atoms with E-state index in [0.717, 1.165) is 5.92 Å². The van der Waals surface area contributed by atoms with Crippen molar-refractivity contribution in [2.45, 2.75) is 13.3 Å². The smallest absolute Gasteiger partial charge is 0.0219 e. The summed E-state index contributed by atoms with van der Waals surface area (Å²) in [5, 5.41) is 4.29. The molecule has 8 heavy (non-hydrogen) atoms. The van der Waals surface area contributed by atoms with Crippen molar-refractivity contribution in [2.75, 3.05) is 0 Å². The maximum atomic E-state index is 2.24. The molecule has 0 saturated carbocycles. The van der Waals surface area contributed by atoms with Gasteiger partial charge >= 0.3 is 0 Å². The Labute approximate surface area is 54.7 Å². The number of hydrogen-bond donors (Lipinski definition) is 0. The van der Waals surface area contributed by atoms with Gasteiger partial charge < -0.3 is 0 Å². The molecule has 0 bridgehead atoms. The van der Waals surface area contributed by atoms with E-state index in [1.54, 1.807) is 11.8 Å². The van der Waals surface area contributed by atoms with Crippen LogP contribution in [0, 0.1) is 5.92 Å². The molecule has 0 aromatic heterocycles. The van der Waals surface area contributed by atoms with Crippen molar-refractivity contribution in [3.05, 3.63) is 23.0 Å². The van der Waals surface area contributed by atoms with Crippen molar-refractivity contribution in [1.82, 2.24) is 0 Å². The lowest BCUT2D eigenvalue weighted by Gasteiger charge is -1.95. The van der Waals surface area contributed by atoms with Crippen molar-refractivity contribution in [3.8, 4) is 0 Å². The largest absolute Gasteiger partial charge is 0.107 e. The second-order valence-electron chi connectivity index (χ2n) is 2.05. The van der Waals surface area contributed by atoms with Gasteiger partial charge in [0.25, 0.3) is 0 Å². The Bertz CT molecular complexity index is 114. The molecule has 1 heteroatoms. The molecule has 1 unspecified atom stereocenters. The van der Waals surface area contributed by atoms with E-state index < -0.39 is 0 Å². The van der Waals surface area contributed by atoms with Crippen LogP contribution in [0.5, 0.6) is 0 Å². The third kappa shape index (κ3) is 1.74. The zero-order valence-electron chi connectivity index (χ0n) is 5.00. The summed E-state index contributed by atoms with van der Waals surface area (Å²) in [6.45, 7) is 2.23. The molecule has 0 aromatic rings. The van der Waals surface area contributed by atoms with Crippen molar-refractivity contribution in [1.29, 1.82) is 0 Å². The Hall–Kier alpha value is -0.170. The zero-order valence-corrected chi connectivity index (χ0v) is 5.82. The second kappa shape index (κ2) is 2.98. The molecule has 44 valence electrons. The van der Waals surface area contributed by atoms with Crippen LogP contribution in [0.15, 0.2) is 23.0 Å². The molecule has 0 radical (unpaired) electrons. The highest BCUT2D eigenvalue weighted by Crippen LogP contribution is 2.15. The third-order valence-electron chi connectivity index (χ3n) is 1.17. The van der Waals surface area contributed by atoms with Crippen LogP contribution in [0.2, 0.25) is 0 Å². The molecule has 0 N–H and O–H groups in total. The van der Waals surface area contributed by atoms with E-state index in [9.17, 15) is 0 Å². The van der Waals surface area contributed by atoms with Crippen LogP contribution in [0.3, 0.4) is 0 Å². The van der Waals surface area contributed by atoms with Crippen LogP contribution in [0.4, 0.5) is 0 Å². The topological polar surface area (TPSA) is 0 Å². The highest BCUT2D eigenvalue weighted by molar-refractivity contribution is 8.04. The van der Waals surface area contributed by atoms with Crippen molar-refractivity contribution >= 4 is 11.8 Å². The summed E-state index contributed by atoms with van der Waals surface area (Å²) in [5.41, 5.74) is 0. The molecule has 0 amide bonds. The minimum absolute atomic E-state index is 0.737. The van der Waals surface area contributed by atoms with Crippen LogP contribution < -0.4 is 0 Å². The fraction of sp³-hybridized carbons (Fsp3) is 0.429.